The molecule has 0 aromatic carbocycles. The molecule has 0 aliphatic heterocycles. The fourth-order valence-corrected chi connectivity index (χ4v) is 1.57. The summed E-state index contributed by atoms with van der Waals surface area (Å²) in [6, 6.07) is 2.67. The van der Waals surface area contributed by atoms with E-state index in [9.17, 15) is 0 Å². The Kier molecular flexibility index (Phi) is 3.85. The van der Waals surface area contributed by atoms with Gasteiger partial charge >= 0.3 is 0 Å². The lowest BCUT2D eigenvalue weighted by Gasteiger charge is -2.11. The molecule has 2 rings (SSSR count). The minimum absolute atomic E-state index is 0.0223. The van der Waals surface area contributed by atoms with Crippen LogP contribution in [0.15, 0.2) is 12.3 Å². The van der Waals surface area contributed by atoms with E-state index in [4.69, 9.17) is 4.74 Å². The van der Waals surface area contributed by atoms with Crippen molar-refractivity contribution in [3.63, 3.8) is 0 Å². The summed E-state index contributed by atoms with van der Waals surface area (Å²) in [4.78, 5) is 8.73. The molecule has 1 aromatic rings. The molecule has 1 heterocycles. The lowest BCUT2D eigenvalue weighted by molar-refractivity contribution is 0.0698. The van der Waals surface area contributed by atoms with Crippen LogP contribution in [0.2, 0.25) is 0 Å². The monoisotopic (exact) mass is 221 g/mol. The van der Waals surface area contributed by atoms with E-state index in [0.29, 0.717) is 12.6 Å². The fraction of sp³-hybridized carbons (Fsp3) is 0.667. The molecule has 1 unspecified atom stereocenters. The van der Waals surface area contributed by atoms with E-state index in [1.807, 2.05) is 26.1 Å². The topological polar surface area (TPSA) is 47.0 Å². The van der Waals surface area contributed by atoms with Crippen molar-refractivity contribution in [2.24, 2.45) is 0 Å². The van der Waals surface area contributed by atoms with Crippen molar-refractivity contribution in [1.82, 2.24) is 15.3 Å². The highest BCUT2D eigenvalue weighted by molar-refractivity contribution is 5.04. The van der Waals surface area contributed by atoms with Crippen molar-refractivity contribution >= 4 is 0 Å². The van der Waals surface area contributed by atoms with Crippen molar-refractivity contribution in [2.75, 3.05) is 6.61 Å². The predicted octanol–water partition coefficient (Wildman–Crippen LogP) is 1.83. The van der Waals surface area contributed by atoms with Gasteiger partial charge in [-0.05, 0) is 32.8 Å². The Bertz CT molecular complexity index is 339. The Balaban J connectivity index is 1.94. The number of aromatic nitrogens is 2. The number of nitrogens with zero attached hydrogens (tertiary/aromatic N) is 2. The maximum Gasteiger partial charge on any atom is 0.157 e. The van der Waals surface area contributed by atoms with Gasteiger partial charge in [0.05, 0.1) is 5.69 Å². The van der Waals surface area contributed by atoms with Crippen LogP contribution in [0, 0.1) is 0 Å². The molecule has 1 aliphatic carbocycles. The van der Waals surface area contributed by atoms with Gasteiger partial charge in [-0.1, -0.05) is 0 Å². The molecule has 1 fully saturated rings. The standard InChI is InChI=1S/C12H19N3O/c1-3-16-9(2)12-13-7-6-11(15-12)8-14-10-4-5-10/h6-7,9-10,14H,3-5,8H2,1-2H3. The van der Waals surface area contributed by atoms with Gasteiger partial charge in [0.1, 0.15) is 6.10 Å². The van der Waals surface area contributed by atoms with E-state index in [1.54, 1.807) is 0 Å². The van der Waals surface area contributed by atoms with Crippen LogP contribution < -0.4 is 5.32 Å². The molecule has 0 bridgehead atoms. The van der Waals surface area contributed by atoms with Crippen LogP contribution in [-0.4, -0.2) is 22.6 Å². The van der Waals surface area contributed by atoms with Crippen LogP contribution in [0.5, 0.6) is 0 Å². The average Bonchev–Trinajstić information content (AvgIpc) is 3.11. The van der Waals surface area contributed by atoms with Crippen LogP contribution in [0.1, 0.15) is 44.3 Å². The first-order valence-electron chi connectivity index (χ1n) is 5.96. The van der Waals surface area contributed by atoms with Crippen LogP contribution in [-0.2, 0) is 11.3 Å². The zero-order chi connectivity index (χ0) is 11.4. The van der Waals surface area contributed by atoms with E-state index in [-0.39, 0.29) is 6.10 Å². The maximum absolute atomic E-state index is 5.48. The Morgan fingerprint density at radius 3 is 3.06 bits per heavy atom. The van der Waals surface area contributed by atoms with Gasteiger partial charge in [-0.25, -0.2) is 9.97 Å². The minimum Gasteiger partial charge on any atom is -0.371 e. The lowest BCUT2D eigenvalue weighted by atomic mass is 10.3. The highest BCUT2D eigenvalue weighted by Gasteiger charge is 2.20. The molecule has 1 saturated carbocycles. The summed E-state index contributed by atoms with van der Waals surface area (Å²) in [5, 5.41) is 3.44. The van der Waals surface area contributed by atoms with Crippen LogP contribution in [0.4, 0.5) is 0 Å². The fourth-order valence-electron chi connectivity index (χ4n) is 1.57. The summed E-state index contributed by atoms with van der Waals surface area (Å²) in [6.07, 6.45) is 4.38. The van der Waals surface area contributed by atoms with Gasteiger partial charge in [0, 0.05) is 25.4 Å². The molecular weight excluding hydrogens is 202 g/mol. The Labute approximate surface area is 96.4 Å². The quantitative estimate of drug-likeness (QED) is 0.796. The number of hydrogen-bond donors (Lipinski definition) is 1. The Morgan fingerprint density at radius 1 is 1.56 bits per heavy atom. The molecule has 16 heavy (non-hydrogen) atoms. The molecule has 1 aromatic heterocycles. The first-order valence-corrected chi connectivity index (χ1v) is 5.96. The van der Waals surface area contributed by atoms with Gasteiger partial charge in [0.25, 0.3) is 0 Å². The Morgan fingerprint density at radius 2 is 2.38 bits per heavy atom. The Hall–Kier alpha value is -1.00. The van der Waals surface area contributed by atoms with Crippen molar-refractivity contribution < 1.29 is 4.74 Å². The van der Waals surface area contributed by atoms with Gasteiger partial charge in [-0.2, -0.15) is 0 Å². The number of nitrogens with one attached hydrogen (secondary N) is 1. The third-order valence-corrected chi connectivity index (χ3v) is 2.66. The second-order valence-corrected chi connectivity index (χ2v) is 4.16. The molecule has 1 atom stereocenters. The number of rotatable bonds is 6. The van der Waals surface area contributed by atoms with Gasteiger partial charge < -0.3 is 10.1 Å². The highest BCUT2D eigenvalue weighted by Crippen LogP contribution is 2.19. The molecule has 1 N–H and O–H groups in total. The molecule has 0 spiro atoms. The second-order valence-electron chi connectivity index (χ2n) is 4.16. The summed E-state index contributed by atoms with van der Waals surface area (Å²) in [6.45, 7) is 5.49. The summed E-state index contributed by atoms with van der Waals surface area (Å²) in [5.74, 6) is 0.775. The average molecular weight is 221 g/mol. The molecular formula is C12H19N3O. The third kappa shape index (κ3) is 3.25. The number of hydrogen-bond acceptors (Lipinski definition) is 4. The molecule has 0 radical (unpaired) electrons. The van der Waals surface area contributed by atoms with Crippen molar-refractivity contribution in [2.45, 2.75) is 45.4 Å². The first-order chi connectivity index (χ1) is 7.79. The third-order valence-electron chi connectivity index (χ3n) is 2.66. The molecule has 88 valence electrons. The summed E-state index contributed by atoms with van der Waals surface area (Å²) >= 11 is 0. The van der Waals surface area contributed by atoms with Gasteiger partial charge in [0.2, 0.25) is 0 Å². The van der Waals surface area contributed by atoms with Crippen LogP contribution in [0.3, 0.4) is 0 Å². The van der Waals surface area contributed by atoms with E-state index in [0.717, 1.165) is 18.1 Å². The molecule has 0 amide bonds. The minimum atomic E-state index is -0.0223. The summed E-state index contributed by atoms with van der Waals surface area (Å²) in [7, 11) is 0. The SMILES string of the molecule is CCOC(C)c1nccc(CNC2CC2)n1. The van der Waals surface area contributed by atoms with E-state index >= 15 is 0 Å². The molecule has 4 nitrogen and oxygen atoms in total. The van der Waals surface area contributed by atoms with Gasteiger partial charge in [-0.15, -0.1) is 0 Å². The van der Waals surface area contributed by atoms with Crippen molar-refractivity contribution in [3.8, 4) is 0 Å². The lowest BCUT2D eigenvalue weighted by Crippen LogP contribution is -2.17. The number of ether oxygens (including phenoxy) is 1. The van der Waals surface area contributed by atoms with Crippen LogP contribution >= 0.6 is 0 Å². The smallest absolute Gasteiger partial charge is 0.157 e. The first kappa shape index (κ1) is 11.5. The normalized spacial score (nSPS) is 17.4. The molecule has 4 heteroatoms. The van der Waals surface area contributed by atoms with E-state index in [1.165, 1.54) is 12.8 Å². The van der Waals surface area contributed by atoms with Crippen LogP contribution in [0.25, 0.3) is 0 Å². The molecule has 1 aliphatic rings. The zero-order valence-electron chi connectivity index (χ0n) is 9.94. The predicted molar refractivity (Wildman–Crippen MR) is 61.9 cm³/mol. The van der Waals surface area contributed by atoms with Crippen molar-refractivity contribution in [3.05, 3.63) is 23.8 Å². The largest absolute Gasteiger partial charge is 0.371 e. The zero-order valence-corrected chi connectivity index (χ0v) is 9.94. The summed E-state index contributed by atoms with van der Waals surface area (Å²) < 4.78 is 5.48. The molecule has 0 saturated heterocycles. The van der Waals surface area contributed by atoms with E-state index < -0.39 is 0 Å². The second kappa shape index (κ2) is 5.37. The van der Waals surface area contributed by atoms with E-state index in [2.05, 4.69) is 15.3 Å². The van der Waals surface area contributed by atoms with Gasteiger partial charge in [-0.3, -0.25) is 0 Å². The van der Waals surface area contributed by atoms with Crippen molar-refractivity contribution in [1.29, 1.82) is 0 Å². The maximum atomic E-state index is 5.48. The van der Waals surface area contributed by atoms with Gasteiger partial charge in [0.15, 0.2) is 5.82 Å². The highest BCUT2D eigenvalue weighted by atomic mass is 16.5. The summed E-state index contributed by atoms with van der Waals surface area (Å²) in [5.41, 5.74) is 1.04.